The maximum atomic E-state index is 11.2. The third-order valence-electron chi connectivity index (χ3n) is 2.25. The van der Waals surface area contributed by atoms with Crippen molar-refractivity contribution in [1.29, 1.82) is 0 Å². The van der Waals surface area contributed by atoms with E-state index < -0.39 is 0 Å². The van der Waals surface area contributed by atoms with Crippen LogP contribution in [0.3, 0.4) is 0 Å². The van der Waals surface area contributed by atoms with Crippen LogP contribution in [0.5, 0.6) is 5.75 Å². The Bertz CT molecular complexity index is 376. The molecule has 0 spiro atoms. The molecule has 0 aliphatic carbocycles. The molecule has 0 radical (unpaired) electrons. The van der Waals surface area contributed by atoms with Crippen molar-refractivity contribution in [3.63, 3.8) is 0 Å². The zero-order valence-electron chi connectivity index (χ0n) is 7.82. The number of rotatable bonds is 1. The van der Waals surface area contributed by atoms with Crippen LogP contribution in [-0.4, -0.2) is 19.7 Å². The molecule has 4 nitrogen and oxygen atoms in total. The van der Waals surface area contributed by atoms with Crippen molar-refractivity contribution in [2.24, 2.45) is 5.73 Å². The van der Waals surface area contributed by atoms with Gasteiger partial charge in [0.2, 0.25) is 0 Å². The molecule has 1 atom stereocenters. The highest BCUT2D eigenvalue weighted by Crippen LogP contribution is 2.31. The first-order valence-corrected chi connectivity index (χ1v) is 4.33. The van der Waals surface area contributed by atoms with Crippen molar-refractivity contribution in [1.82, 2.24) is 0 Å². The van der Waals surface area contributed by atoms with Crippen LogP contribution in [0.1, 0.15) is 22.0 Å². The van der Waals surface area contributed by atoms with Gasteiger partial charge in [-0.25, -0.2) is 4.79 Å². The molecular formula is C10H11NO3. The average Bonchev–Trinajstić information content (AvgIpc) is 2.59. The highest BCUT2D eigenvalue weighted by Gasteiger charge is 2.21. The summed E-state index contributed by atoms with van der Waals surface area (Å²) in [4.78, 5) is 11.2. The predicted molar refractivity (Wildman–Crippen MR) is 50.2 cm³/mol. The van der Waals surface area contributed by atoms with Gasteiger partial charge in [0.05, 0.1) is 18.7 Å². The third-order valence-corrected chi connectivity index (χ3v) is 2.25. The first-order chi connectivity index (χ1) is 6.72. The number of ether oxygens (including phenoxy) is 2. The predicted octanol–water partition coefficient (Wildman–Crippen LogP) is 0.865. The number of fused-ring (bicyclic) bond motifs is 1. The number of hydrogen-bond acceptors (Lipinski definition) is 4. The van der Waals surface area contributed by atoms with Gasteiger partial charge in [0.15, 0.2) is 0 Å². The minimum Gasteiger partial charge on any atom is -0.491 e. The van der Waals surface area contributed by atoms with E-state index in [-0.39, 0.29) is 12.0 Å². The van der Waals surface area contributed by atoms with Gasteiger partial charge < -0.3 is 15.2 Å². The second-order valence-corrected chi connectivity index (χ2v) is 3.16. The van der Waals surface area contributed by atoms with Crippen LogP contribution in [-0.2, 0) is 4.74 Å². The van der Waals surface area contributed by atoms with Gasteiger partial charge in [-0.3, -0.25) is 0 Å². The van der Waals surface area contributed by atoms with Gasteiger partial charge in [-0.2, -0.15) is 0 Å². The Kier molecular flexibility index (Phi) is 2.13. The fourth-order valence-electron chi connectivity index (χ4n) is 1.48. The molecule has 1 heterocycles. The lowest BCUT2D eigenvalue weighted by atomic mass is 10.1. The van der Waals surface area contributed by atoms with Crippen LogP contribution in [0.25, 0.3) is 0 Å². The molecule has 4 heteroatoms. The Morgan fingerprint density at radius 3 is 3.14 bits per heavy atom. The van der Waals surface area contributed by atoms with Crippen LogP contribution in [0.15, 0.2) is 18.2 Å². The molecule has 0 fully saturated rings. The third kappa shape index (κ3) is 1.33. The minimum atomic E-state index is -0.355. The lowest BCUT2D eigenvalue weighted by Crippen LogP contribution is -2.11. The van der Waals surface area contributed by atoms with Crippen LogP contribution in [0.4, 0.5) is 0 Å². The minimum absolute atomic E-state index is 0.144. The van der Waals surface area contributed by atoms with E-state index in [2.05, 4.69) is 4.74 Å². The van der Waals surface area contributed by atoms with Crippen LogP contribution < -0.4 is 10.5 Å². The Morgan fingerprint density at radius 2 is 2.43 bits per heavy atom. The molecule has 0 saturated heterocycles. The molecule has 0 saturated carbocycles. The van der Waals surface area contributed by atoms with E-state index in [9.17, 15) is 4.79 Å². The van der Waals surface area contributed by atoms with E-state index in [1.165, 1.54) is 7.11 Å². The molecule has 1 aliphatic heterocycles. The number of esters is 1. The number of nitrogens with two attached hydrogens (primary N) is 1. The Balaban J connectivity index is 2.39. The number of carbonyl (C=O) groups is 1. The van der Waals surface area contributed by atoms with Gasteiger partial charge in [-0.1, -0.05) is 0 Å². The summed E-state index contributed by atoms with van der Waals surface area (Å²) >= 11 is 0. The number of hydrogen-bond donors (Lipinski definition) is 1. The summed E-state index contributed by atoms with van der Waals surface area (Å²) in [7, 11) is 1.35. The van der Waals surface area contributed by atoms with Gasteiger partial charge in [-0.05, 0) is 18.2 Å². The maximum absolute atomic E-state index is 11.2. The van der Waals surface area contributed by atoms with E-state index in [0.29, 0.717) is 12.2 Å². The van der Waals surface area contributed by atoms with Crippen molar-refractivity contribution in [3.05, 3.63) is 29.3 Å². The molecule has 74 valence electrons. The first kappa shape index (κ1) is 9.02. The van der Waals surface area contributed by atoms with Crippen LogP contribution in [0, 0.1) is 0 Å². The molecule has 1 aromatic rings. The van der Waals surface area contributed by atoms with Crippen molar-refractivity contribution >= 4 is 5.97 Å². The van der Waals surface area contributed by atoms with Crippen molar-refractivity contribution in [3.8, 4) is 5.75 Å². The summed E-state index contributed by atoms with van der Waals surface area (Å²) in [6.07, 6.45) is 0. The lowest BCUT2D eigenvalue weighted by Gasteiger charge is -2.03. The van der Waals surface area contributed by atoms with Gasteiger partial charge in [-0.15, -0.1) is 0 Å². The number of methoxy groups -OCH3 is 1. The van der Waals surface area contributed by atoms with Crippen molar-refractivity contribution in [2.75, 3.05) is 13.7 Å². The van der Waals surface area contributed by atoms with E-state index >= 15 is 0 Å². The molecule has 14 heavy (non-hydrogen) atoms. The summed E-state index contributed by atoms with van der Waals surface area (Å²) in [5.41, 5.74) is 7.15. The molecule has 0 amide bonds. The molecular weight excluding hydrogens is 182 g/mol. The van der Waals surface area contributed by atoms with Gasteiger partial charge in [0.25, 0.3) is 0 Å². The molecule has 0 aromatic heterocycles. The smallest absolute Gasteiger partial charge is 0.337 e. The second kappa shape index (κ2) is 3.31. The first-order valence-electron chi connectivity index (χ1n) is 4.33. The Morgan fingerprint density at radius 1 is 1.64 bits per heavy atom. The highest BCUT2D eigenvalue weighted by molar-refractivity contribution is 5.89. The summed E-state index contributed by atoms with van der Waals surface area (Å²) in [6, 6.07) is 4.99. The molecule has 1 aromatic carbocycles. The van der Waals surface area contributed by atoms with E-state index in [1.54, 1.807) is 18.2 Å². The van der Waals surface area contributed by atoms with E-state index in [1.807, 2.05) is 0 Å². The summed E-state index contributed by atoms with van der Waals surface area (Å²) in [5.74, 6) is 0.400. The Labute approximate surface area is 81.6 Å². The summed E-state index contributed by atoms with van der Waals surface area (Å²) < 4.78 is 9.91. The zero-order valence-corrected chi connectivity index (χ0v) is 7.82. The topological polar surface area (TPSA) is 61.5 Å². The van der Waals surface area contributed by atoms with Crippen molar-refractivity contribution < 1.29 is 14.3 Å². The average molecular weight is 193 g/mol. The van der Waals surface area contributed by atoms with Crippen LogP contribution >= 0.6 is 0 Å². The SMILES string of the molecule is COC(=O)c1ccc2c(c1)[C@@H](N)CO2. The zero-order chi connectivity index (χ0) is 10.1. The quantitative estimate of drug-likeness (QED) is 0.672. The standard InChI is InChI=1S/C10H11NO3/c1-13-10(12)6-2-3-9-7(4-6)8(11)5-14-9/h2-4,8H,5,11H2,1H3/t8-/m0/s1. The Hall–Kier alpha value is -1.55. The summed E-state index contributed by atoms with van der Waals surface area (Å²) in [6.45, 7) is 0.472. The molecule has 2 rings (SSSR count). The van der Waals surface area contributed by atoms with E-state index in [0.717, 1.165) is 11.3 Å². The van der Waals surface area contributed by atoms with Crippen molar-refractivity contribution in [2.45, 2.75) is 6.04 Å². The number of benzene rings is 1. The van der Waals surface area contributed by atoms with Gasteiger partial charge >= 0.3 is 5.97 Å². The van der Waals surface area contributed by atoms with Gasteiger partial charge in [0, 0.05) is 5.56 Å². The second-order valence-electron chi connectivity index (χ2n) is 3.16. The maximum Gasteiger partial charge on any atom is 0.337 e. The highest BCUT2D eigenvalue weighted by atomic mass is 16.5. The fraction of sp³-hybridized carbons (Fsp3) is 0.300. The molecule has 0 unspecified atom stereocenters. The normalized spacial score (nSPS) is 18.6. The fourth-order valence-corrected chi connectivity index (χ4v) is 1.48. The van der Waals surface area contributed by atoms with E-state index in [4.69, 9.17) is 10.5 Å². The molecule has 1 aliphatic rings. The molecule has 0 bridgehead atoms. The van der Waals surface area contributed by atoms with Gasteiger partial charge in [0.1, 0.15) is 12.4 Å². The lowest BCUT2D eigenvalue weighted by molar-refractivity contribution is 0.0600. The molecule has 2 N–H and O–H groups in total. The monoisotopic (exact) mass is 193 g/mol. The largest absolute Gasteiger partial charge is 0.491 e. The summed E-state index contributed by atoms with van der Waals surface area (Å²) in [5, 5.41) is 0. The van der Waals surface area contributed by atoms with Crippen LogP contribution in [0.2, 0.25) is 0 Å². The number of carbonyl (C=O) groups excluding carboxylic acids is 1.